The maximum Gasteiger partial charge on any atom is 0.182 e. The second-order valence-corrected chi connectivity index (χ2v) is 2.90. The third kappa shape index (κ3) is 1.69. The highest BCUT2D eigenvalue weighted by Gasteiger charge is 2.12. The van der Waals surface area contributed by atoms with Crippen molar-refractivity contribution in [3.8, 4) is 0 Å². The zero-order valence-corrected chi connectivity index (χ0v) is 7.64. The van der Waals surface area contributed by atoms with Gasteiger partial charge < -0.3 is 4.90 Å². The molecule has 0 unspecified atom stereocenters. The van der Waals surface area contributed by atoms with Crippen molar-refractivity contribution in [2.75, 3.05) is 19.0 Å². The molecule has 0 amide bonds. The Labute approximate surface area is 76.3 Å². The highest BCUT2D eigenvalue weighted by molar-refractivity contribution is 5.67. The Morgan fingerprint density at radius 3 is 2.38 bits per heavy atom. The summed E-state index contributed by atoms with van der Waals surface area (Å²) in [4.78, 5) is 1.52. The lowest BCUT2D eigenvalue weighted by molar-refractivity contribution is 0.508. The predicted molar refractivity (Wildman–Crippen MR) is 50.8 cm³/mol. The number of hydrogen-bond donors (Lipinski definition) is 0. The van der Waals surface area contributed by atoms with Gasteiger partial charge in [0.25, 0.3) is 0 Å². The Hall–Kier alpha value is -1.38. The van der Waals surface area contributed by atoms with Gasteiger partial charge in [0.15, 0.2) is 11.6 Å². The summed E-state index contributed by atoms with van der Waals surface area (Å²) in [5.41, 5.74) is 0.818. The number of nitrogens with zero attached hydrogens (tertiary/aromatic N) is 1. The van der Waals surface area contributed by atoms with Gasteiger partial charge in [-0.05, 0) is 12.1 Å². The Morgan fingerprint density at radius 2 is 1.92 bits per heavy atom. The third-order valence-electron chi connectivity index (χ3n) is 1.77. The van der Waals surface area contributed by atoms with Crippen molar-refractivity contribution in [3.05, 3.63) is 35.9 Å². The smallest absolute Gasteiger partial charge is 0.182 e. The van der Waals surface area contributed by atoms with Crippen LogP contribution >= 0.6 is 0 Å². The Bertz CT molecular complexity index is 332. The molecule has 0 atom stereocenters. The van der Waals surface area contributed by atoms with E-state index < -0.39 is 11.6 Å². The van der Waals surface area contributed by atoms with Gasteiger partial charge in [-0.1, -0.05) is 12.7 Å². The number of benzene rings is 1. The molecule has 1 aromatic carbocycles. The van der Waals surface area contributed by atoms with Crippen LogP contribution in [0.1, 0.15) is 5.56 Å². The number of hydrogen-bond acceptors (Lipinski definition) is 1. The molecule has 1 rings (SSSR count). The molecule has 0 radical (unpaired) electrons. The molecule has 1 nitrogen and oxygen atoms in total. The van der Waals surface area contributed by atoms with Gasteiger partial charge in [-0.2, -0.15) is 0 Å². The zero-order valence-electron chi connectivity index (χ0n) is 7.64. The molecule has 70 valence electrons. The van der Waals surface area contributed by atoms with Crippen LogP contribution in [0.5, 0.6) is 0 Å². The molecular formula is C10H11F2N. The van der Waals surface area contributed by atoms with Crippen LogP contribution in [0.25, 0.3) is 6.08 Å². The fourth-order valence-corrected chi connectivity index (χ4v) is 1.17. The summed E-state index contributed by atoms with van der Waals surface area (Å²) in [6.45, 7) is 3.53. The fourth-order valence-electron chi connectivity index (χ4n) is 1.17. The van der Waals surface area contributed by atoms with Crippen LogP contribution in [0.2, 0.25) is 0 Å². The van der Waals surface area contributed by atoms with Gasteiger partial charge >= 0.3 is 0 Å². The van der Waals surface area contributed by atoms with E-state index in [-0.39, 0.29) is 5.69 Å². The molecule has 0 aliphatic carbocycles. The minimum atomic E-state index is -0.839. The van der Waals surface area contributed by atoms with E-state index in [2.05, 4.69) is 6.58 Å². The first-order valence-corrected chi connectivity index (χ1v) is 3.85. The summed E-state index contributed by atoms with van der Waals surface area (Å²) in [5.74, 6) is -1.67. The van der Waals surface area contributed by atoms with Crippen molar-refractivity contribution in [3.63, 3.8) is 0 Å². The molecule has 0 spiro atoms. The lowest BCUT2D eigenvalue weighted by Crippen LogP contribution is -2.13. The molecular weight excluding hydrogens is 172 g/mol. The quantitative estimate of drug-likeness (QED) is 0.681. The van der Waals surface area contributed by atoms with Crippen LogP contribution in [0.3, 0.4) is 0 Å². The first-order chi connectivity index (χ1) is 6.07. The monoisotopic (exact) mass is 183 g/mol. The van der Waals surface area contributed by atoms with E-state index in [4.69, 9.17) is 0 Å². The highest BCUT2D eigenvalue weighted by atomic mass is 19.2. The second-order valence-electron chi connectivity index (χ2n) is 2.90. The Kier molecular flexibility index (Phi) is 2.66. The summed E-state index contributed by atoms with van der Waals surface area (Å²) >= 11 is 0. The predicted octanol–water partition coefficient (Wildman–Crippen LogP) is 2.67. The van der Waals surface area contributed by atoms with E-state index in [9.17, 15) is 8.78 Å². The summed E-state index contributed by atoms with van der Waals surface area (Å²) in [7, 11) is 3.32. The van der Waals surface area contributed by atoms with Crippen molar-refractivity contribution in [1.82, 2.24) is 0 Å². The van der Waals surface area contributed by atoms with E-state index in [0.717, 1.165) is 6.07 Å². The molecule has 3 heteroatoms. The Balaban J connectivity index is 3.41. The van der Waals surface area contributed by atoms with Crippen LogP contribution in [-0.4, -0.2) is 14.1 Å². The maximum atomic E-state index is 13.2. The van der Waals surface area contributed by atoms with E-state index in [1.807, 2.05) is 0 Å². The molecule has 0 fully saturated rings. The van der Waals surface area contributed by atoms with Gasteiger partial charge in [0.2, 0.25) is 0 Å². The van der Waals surface area contributed by atoms with E-state index in [1.165, 1.54) is 17.0 Å². The van der Waals surface area contributed by atoms with Gasteiger partial charge in [-0.15, -0.1) is 0 Å². The van der Waals surface area contributed by atoms with Gasteiger partial charge in [-0.3, -0.25) is 0 Å². The lowest BCUT2D eigenvalue weighted by atomic mass is 10.1. The van der Waals surface area contributed by atoms with Crippen molar-refractivity contribution < 1.29 is 8.78 Å². The normalized spacial score (nSPS) is 9.85. The second kappa shape index (κ2) is 3.56. The van der Waals surface area contributed by atoms with Crippen LogP contribution < -0.4 is 4.90 Å². The topological polar surface area (TPSA) is 3.24 Å². The van der Waals surface area contributed by atoms with Crippen molar-refractivity contribution in [1.29, 1.82) is 0 Å². The first-order valence-electron chi connectivity index (χ1n) is 3.85. The Morgan fingerprint density at radius 1 is 1.31 bits per heavy atom. The molecule has 0 N–H and O–H groups in total. The van der Waals surface area contributed by atoms with Crippen LogP contribution in [0.15, 0.2) is 18.7 Å². The fraction of sp³-hybridized carbons (Fsp3) is 0.200. The van der Waals surface area contributed by atoms with Crippen molar-refractivity contribution in [2.45, 2.75) is 0 Å². The first kappa shape index (κ1) is 9.71. The molecule has 0 saturated heterocycles. The molecule has 0 aliphatic heterocycles. The van der Waals surface area contributed by atoms with Gasteiger partial charge in [-0.25, -0.2) is 8.78 Å². The standard InChI is InChI=1S/C10H11F2N/c1-4-7-5-6-8(11)9(12)10(7)13(2)3/h4-6H,1H2,2-3H3. The number of rotatable bonds is 2. The summed E-state index contributed by atoms with van der Waals surface area (Å²) < 4.78 is 26.1. The number of halogens is 2. The molecule has 0 aromatic heterocycles. The van der Waals surface area contributed by atoms with Crippen molar-refractivity contribution >= 4 is 11.8 Å². The van der Waals surface area contributed by atoms with Crippen LogP contribution in [0.4, 0.5) is 14.5 Å². The van der Waals surface area contributed by atoms with E-state index in [0.29, 0.717) is 5.56 Å². The summed E-state index contributed by atoms with van der Waals surface area (Å²) in [5, 5.41) is 0. The molecule has 0 saturated carbocycles. The molecule has 13 heavy (non-hydrogen) atoms. The minimum Gasteiger partial charge on any atom is -0.375 e. The SMILES string of the molecule is C=Cc1ccc(F)c(F)c1N(C)C. The average Bonchev–Trinajstić information content (AvgIpc) is 2.08. The van der Waals surface area contributed by atoms with Crippen LogP contribution in [0, 0.1) is 11.6 Å². The lowest BCUT2D eigenvalue weighted by Gasteiger charge is -2.16. The van der Waals surface area contributed by atoms with E-state index in [1.54, 1.807) is 14.1 Å². The number of anilines is 1. The summed E-state index contributed by atoms with van der Waals surface area (Å²) in [6.07, 6.45) is 1.50. The third-order valence-corrected chi connectivity index (χ3v) is 1.77. The van der Waals surface area contributed by atoms with Gasteiger partial charge in [0, 0.05) is 19.7 Å². The van der Waals surface area contributed by atoms with Gasteiger partial charge in [0.1, 0.15) is 0 Å². The highest BCUT2D eigenvalue weighted by Crippen LogP contribution is 2.25. The van der Waals surface area contributed by atoms with E-state index >= 15 is 0 Å². The zero-order chi connectivity index (χ0) is 10.0. The maximum absolute atomic E-state index is 13.2. The summed E-state index contributed by atoms with van der Waals surface area (Å²) in [6, 6.07) is 2.60. The largest absolute Gasteiger partial charge is 0.375 e. The molecule has 0 aliphatic rings. The van der Waals surface area contributed by atoms with Crippen LogP contribution in [-0.2, 0) is 0 Å². The molecule has 0 heterocycles. The molecule has 0 bridgehead atoms. The molecule has 1 aromatic rings. The minimum absolute atomic E-state index is 0.231. The van der Waals surface area contributed by atoms with Crippen molar-refractivity contribution in [2.24, 2.45) is 0 Å². The average molecular weight is 183 g/mol. The van der Waals surface area contributed by atoms with Gasteiger partial charge in [0.05, 0.1) is 5.69 Å².